The molecule has 0 radical (unpaired) electrons. The molecule has 7 heteroatoms. The fourth-order valence-electron chi connectivity index (χ4n) is 3.62. The molecule has 0 bridgehead atoms. The number of benzene rings is 3. The molecule has 7 nitrogen and oxygen atoms in total. The molecule has 0 saturated heterocycles. The van der Waals surface area contributed by atoms with Gasteiger partial charge in [0, 0.05) is 13.1 Å². The number of carboxylic acid groups (broad SMARTS) is 1. The number of unbranched alkanes of at least 4 members (excludes halogenated alkanes) is 1. The molecule has 0 aliphatic carbocycles. The predicted molar refractivity (Wildman–Crippen MR) is 131 cm³/mol. The minimum atomic E-state index is -0.990. The monoisotopic (exact) mass is 460 g/mol. The summed E-state index contributed by atoms with van der Waals surface area (Å²) in [4.78, 5) is 18.1. The first-order valence-corrected chi connectivity index (χ1v) is 11.4. The van der Waals surface area contributed by atoms with Crippen LogP contribution in [0.15, 0.2) is 83.3 Å². The highest BCUT2D eigenvalue weighted by Gasteiger charge is 2.14. The first-order chi connectivity index (χ1) is 16.7. The summed E-state index contributed by atoms with van der Waals surface area (Å²) in [7, 11) is 0. The molecule has 3 aromatic carbocycles. The third-order valence-corrected chi connectivity index (χ3v) is 5.33. The van der Waals surface area contributed by atoms with Crippen LogP contribution in [0.4, 0.5) is 6.01 Å². The fraction of sp³-hybridized carbons (Fsp3) is 0.259. The number of hydrogen-bond donors (Lipinski definition) is 1. The van der Waals surface area contributed by atoms with E-state index in [-0.39, 0.29) is 5.56 Å². The quantitative estimate of drug-likeness (QED) is 0.258. The second-order valence-corrected chi connectivity index (χ2v) is 7.82. The van der Waals surface area contributed by atoms with E-state index in [0.29, 0.717) is 25.0 Å². The summed E-state index contributed by atoms with van der Waals surface area (Å²) in [5, 5.41) is 9.29. The van der Waals surface area contributed by atoms with E-state index in [0.717, 1.165) is 49.2 Å². The number of carboxylic acids is 1. The number of fused-ring (bicyclic) bond motifs is 1. The van der Waals surface area contributed by atoms with Crippen LogP contribution in [0.5, 0.6) is 11.5 Å². The lowest BCUT2D eigenvalue weighted by Crippen LogP contribution is -2.27. The molecule has 4 rings (SSSR count). The smallest absolute Gasteiger partial charge is 0.339 e. The van der Waals surface area contributed by atoms with Crippen molar-refractivity contribution in [2.45, 2.75) is 19.3 Å². The average Bonchev–Trinajstić information content (AvgIpc) is 3.30. The van der Waals surface area contributed by atoms with Gasteiger partial charge in [-0.05, 0) is 55.7 Å². The van der Waals surface area contributed by atoms with E-state index < -0.39 is 5.97 Å². The van der Waals surface area contributed by atoms with Crippen molar-refractivity contribution in [1.82, 2.24) is 4.98 Å². The molecule has 4 aromatic rings. The molecule has 0 saturated carbocycles. The molecular formula is C27H28N2O5. The summed E-state index contributed by atoms with van der Waals surface area (Å²) in [6.07, 6.45) is 2.43. The molecule has 0 unspecified atom stereocenters. The lowest BCUT2D eigenvalue weighted by molar-refractivity contribution is 0.0692. The van der Waals surface area contributed by atoms with Crippen molar-refractivity contribution in [2.24, 2.45) is 0 Å². The first-order valence-electron chi connectivity index (χ1n) is 11.4. The van der Waals surface area contributed by atoms with Crippen molar-refractivity contribution < 1.29 is 23.8 Å². The molecule has 1 heterocycles. The van der Waals surface area contributed by atoms with Crippen molar-refractivity contribution in [3.05, 3.63) is 84.4 Å². The largest absolute Gasteiger partial charge is 0.494 e. The number of anilines is 1. The molecule has 0 atom stereocenters. The number of aromatic nitrogens is 1. The number of oxazole rings is 1. The maximum Gasteiger partial charge on any atom is 0.339 e. The van der Waals surface area contributed by atoms with E-state index in [4.69, 9.17) is 13.9 Å². The van der Waals surface area contributed by atoms with Crippen molar-refractivity contribution in [3.8, 4) is 11.5 Å². The number of para-hydroxylation sites is 4. The normalized spacial score (nSPS) is 10.8. The second-order valence-electron chi connectivity index (χ2n) is 7.82. The van der Waals surface area contributed by atoms with E-state index in [9.17, 15) is 9.90 Å². The molecule has 0 aliphatic heterocycles. The van der Waals surface area contributed by atoms with Gasteiger partial charge in [-0.3, -0.25) is 0 Å². The molecule has 0 spiro atoms. The Morgan fingerprint density at radius 1 is 0.824 bits per heavy atom. The number of hydrogen-bond acceptors (Lipinski definition) is 6. The third kappa shape index (κ3) is 6.28. The highest BCUT2D eigenvalue weighted by Crippen LogP contribution is 2.23. The van der Waals surface area contributed by atoms with E-state index in [1.54, 1.807) is 24.3 Å². The van der Waals surface area contributed by atoms with Gasteiger partial charge < -0.3 is 23.9 Å². The summed E-state index contributed by atoms with van der Waals surface area (Å²) >= 11 is 0. The van der Waals surface area contributed by atoms with Crippen molar-refractivity contribution >= 4 is 23.1 Å². The fourth-order valence-corrected chi connectivity index (χ4v) is 3.62. The molecule has 1 aromatic heterocycles. The summed E-state index contributed by atoms with van der Waals surface area (Å²) in [5.74, 6) is 0.258. The predicted octanol–water partition coefficient (Wildman–Crippen LogP) is 5.66. The Morgan fingerprint density at radius 3 is 2.35 bits per heavy atom. The maximum absolute atomic E-state index is 11.3. The van der Waals surface area contributed by atoms with Gasteiger partial charge in [-0.1, -0.05) is 42.5 Å². The van der Waals surface area contributed by atoms with Gasteiger partial charge in [-0.25, -0.2) is 4.79 Å². The minimum Gasteiger partial charge on any atom is -0.494 e. The number of nitrogens with zero attached hydrogens (tertiary/aromatic N) is 2. The third-order valence-electron chi connectivity index (χ3n) is 5.33. The van der Waals surface area contributed by atoms with Gasteiger partial charge in [-0.15, -0.1) is 0 Å². The zero-order chi connectivity index (χ0) is 23.6. The van der Waals surface area contributed by atoms with Crippen LogP contribution in [0.1, 0.15) is 29.6 Å². The molecular weight excluding hydrogens is 432 g/mol. The molecule has 0 aliphatic rings. The average molecular weight is 461 g/mol. The molecule has 0 amide bonds. The van der Waals surface area contributed by atoms with E-state index in [1.807, 2.05) is 54.6 Å². The van der Waals surface area contributed by atoms with Gasteiger partial charge in [0.25, 0.3) is 6.01 Å². The molecule has 1 N–H and O–H groups in total. The van der Waals surface area contributed by atoms with Crippen LogP contribution in [0, 0.1) is 0 Å². The van der Waals surface area contributed by atoms with Crippen LogP contribution < -0.4 is 14.4 Å². The van der Waals surface area contributed by atoms with Crippen LogP contribution in [0.3, 0.4) is 0 Å². The summed E-state index contributed by atoms with van der Waals surface area (Å²) in [6, 6.07) is 24.8. The van der Waals surface area contributed by atoms with Crippen LogP contribution in [0.2, 0.25) is 0 Å². The van der Waals surface area contributed by atoms with Gasteiger partial charge in [0.15, 0.2) is 5.58 Å². The second kappa shape index (κ2) is 11.7. The summed E-state index contributed by atoms with van der Waals surface area (Å²) in [6.45, 7) is 2.50. The summed E-state index contributed by atoms with van der Waals surface area (Å²) in [5.41, 5.74) is 1.77. The van der Waals surface area contributed by atoms with Gasteiger partial charge in [-0.2, -0.15) is 4.98 Å². The van der Waals surface area contributed by atoms with Gasteiger partial charge >= 0.3 is 5.97 Å². The molecule has 34 heavy (non-hydrogen) atoms. The first kappa shape index (κ1) is 23.2. The number of ether oxygens (including phenoxy) is 2. The zero-order valence-electron chi connectivity index (χ0n) is 18.9. The lowest BCUT2D eigenvalue weighted by Gasteiger charge is -2.20. The van der Waals surface area contributed by atoms with Crippen molar-refractivity contribution in [2.75, 3.05) is 31.2 Å². The van der Waals surface area contributed by atoms with Gasteiger partial charge in [0.2, 0.25) is 0 Å². The Labute approximate surface area is 198 Å². The zero-order valence-corrected chi connectivity index (χ0v) is 18.9. The topological polar surface area (TPSA) is 85.0 Å². The summed E-state index contributed by atoms with van der Waals surface area (Å²) < 4.78 is 17.5. The number of aromatic carboxylic acids is 1. The highest BCUT2D eigenvalue weighted by molar-refractivity contribution is 5.90. The maximum atomic E-state index is 11.3. The van der Waals surface area contributed by atoms with Crippen LogP contribution in [-0.4, -0.2) is 42.4 Å². The van der Waals surface area contributed by atoms with Crippen LogP contribution in [0.25, 0.3) is 11.1 Å². The number of carbonyl (C=O) groups is 1. The van der Waals surface area contributed by atoms with E-state index in [2.05, 4.69) is 9.88 Å². The number of rotatable bonds is 13. The Balaban J connectivity index is 1.31. The van der Waals surface area contributed by atoms with Crippen molar-refractivity contribution in [3.63, 3.8) is 0 Å². The molecule has 0 fully saturated rings. The standard InChI is InChI=1S/C27H28N2O5/c30-26(31)22-13-4-6-15-24(22)33-19-9-8-17-29(18-10-20-32-21-11-2-1-3-12-21)27-28-23-14-5-7-16-25(23)34-27/h1-7,11-16H,8-10,17-20H2,(H,30,31). The van der Waals surface area contributed by atoms with Gasteiger partial charge in [0.1, 0.15) is 22.6 Å². The van der Waals surface area contributed by atoms with E-state index in [1.165, 1.54) is 0 Å². The van der Waals surface area contributed by atoms with Crippen LogP contribution in [-0.2, 0) is 0 Å². The van der Waals surface area contributed by atoms with Crippen molar-refractivity contribution in [1.29, 1.82) is 0 Å². The SMILES string of the molecule is O=C(O)c1ccccc1OCCCCN(CCCOc1ccccc1)c1nc2ccccc2o1. The Kier molecular flexibility index (Phi) is 8.00. The van der Waals surface area contributed by atoms with Gasteiger partial charge in [0.05, 0.1) is 13.2 Å². The Morgan fingerprint density at radius 2 is 1.53 bits per heavy atom. The highest BCUT2D eigenvalue weighted by atomic mass is 16.5. The minimum absolute atomic E-state index is 0.175. The van der Waals surface area contributed by atoms with E-state index >= 15 is 0 Å². The van der Waals surface area contributed by atoms with Crippen LogP contribution >= 0.6 is 0 Å². The Bertz CT molecular complexity index is 1160. The molecule has 176 valence electrons. The Hall–Kier alpha value is -4.00. The lowest BCUT2D eigenvalue weighted by atomic mass is 10.2.